The van der Waals surface area contributed by atoms with Gasteiger partial charge in [-0.2, -0.15) is 10.6 Å². The minimum atomic E-state index is 0.190. The van der Waals surface area contributed by atoms with Crippen molar-refractivity contribution in [1.82, 2.24) is 19.7 Å². The summed E-state index contributed by atoms with van der Waals surface area (Å²) in [6, 6.07) is 4.20. The van der Waals surface area contributed by atoms with E-state index in [9.17, 15) is 0 Å². The lowest BCUT2D eigenvalue weighted by Gasteiger charge is -2.08. The predicted octanol–water partition coefficient (Wildman–Crippen LogP) is 5.32. The highest BCUT2D eigenvalue weighted by atomic mass is 15.3. The van der Waals surface area contributed by atoms with E-state index in [4.69, 9.17) is 21.3 Å². The minimum absolute atomic E-state index is 0.190. The summed E-state index contributed by atoms with van der Waals surface area (Å²) >= 11 is 0. The molecule has 2 rings (SSSR count). The van der Waals surface area contributed by atoms with E-state index >= 15 is 0 Å². The van der Waals surface area contributed by atoms with Gasteiger partial charge in [-0.05, 0) is 24.5 Å². The van der Waals surface area contributed by atoms with Gasteiger partial charge in [-0.3, -0.25) is 4.98 Å². The number of hydrogen-bond acceptors (Lipinski definition) is 5. The first kappa shape index (κ1) is 25.1. The molecule has 0 aromatic carbocycles. The third-order valence-corrected chi connectivity index (χ3v) is 5.10. The van der Waals surface area contributed by atoms with Crippen LogP contribution in [-0.2, 0) is 19.4 Å². The van der Waals surface area contributed by atoms with Crippen molar-refractivity contribution in [1.29, 1.82) is 5.53 Å². The minimum Gasteiger partial charge on any atom is -0.385 e. The lowest BCUT2D eigenvalue weighted by molar-refractivity contribution is 0.610. The summed E-state index contributed by atoms with van der Waals surface area (Å²) in [6.45, 7) is 7.21. The molecular weight excluding hydrogens is 400 g/mol. The highest BCUT2D eigenvalue weighted by Gasteiger charge is 2.11. The third-order valence-electron chi connectivity index (χ3n) is 5.10. The van der Waals surface area contributed by atoms with Gasteiger partial charge in [-0.25, -0.2) is 9.67 Å². The molecule has 0 amide bonds. The number of nitrogens with zero attached hydrogens (tertiary/aromatic N) is 6. The van der Waals surface area contributed by atoms with Crippen molar-refractivity contribution in [2.24, 2.45) is 16.1 Å². The van der Waals surface area contributed by atoms with Gasteiger partial charge < -0.3 is 5.73 Å². The molecule has 0 radical (unpaired) electrons. The molecule has 3 N–H and O–H groups in total. The van der Waals surface area contributed by atoms with Gasteiger partial charge in [0.05, 0.1) is 6.54 Å². The first-order valence-electron chi connectivity index (χ1n) is 11.5. The zero-order valence-corrected chi connectivity index (χ0v) is 19.5. The van der Waals surface area contributed by atoms with Crippen LogP contribution in [-0.4, -0.2) is 25.6 Å². The normalized spacial score (nSPS) is 13.3. The maximum atomic E-state index is 6.65. The number of unbranched alkanes of at least 4 members (excludes halogenated alkanes) is 2. The van der Waals surface area contributed by atoms with Crippen molar-refractivity contribution in [3.63, 3.8) is 0 Å². The number of aromatic nitrogens is 4. The predicted molar refractivity (Wildman–Crippen MR) is 129 cm³/mol. The largest absolute Gasteiger partial charge is 0.385 e. The summed E-state index contributed by atoms with van der Waals surface area (Å²) in [5.41, 5.74) is 14.4. The van der Waals surface area contributed by atoms with Gasteiger partial charge in [0.15, 0.2) is 5.82 Å². The number of nitrogens with two attached hydrogens (primary N) is 1. The summed E-state index contributed by atoms with van der Waals surface area (Å²) in [7, 11) is 0. The average molecular weight is 437 g/mol. The SMILES string of the molecule is CCCCc1nc(CCCC)n(Cc2ccc(C(C)/C=C\C=C/CC(N)=NN=N)nc2)n1. The van der Waals surface area contributed by atoms with Gasteiger partial charge in [0.25, 0.3) is 0 Å². The molecule has 172 valence electrons. The zero-order chi connectivity index (χ0) is 23.2. The number of hydrogen-bond donors (Lipinski definition) is 2. The first-order chi connectivity index (χ1) is 15.6. The van der Waals surface area contributed by atoms with E-state index in [1.165, 1.54) is 0 Å². The monoisotopic (exact) mass is 436 g/mol. The molecule has 0 aliphatic heterocycles. The maximum absolute atomic E-state index is 6.65. The number of amidine groups is 1. The number of nitrogens with one attached hydrogen (secondary N) is 1. The summed E-state index contributed by atoms with van der Waals surface area (Å²) in [4.78, 5) is 9.45. The van der Waals surface area contributed by atoms with E-state index in [2.05, 4.69) is 59.0 Å². The van der Waals surface area contributed by atoms with Crippen molar-refractivity contribution in [2.45, 2.75) is 78.2 Å². The van der Waals surface area contributed by atoms with Gasteiger partial charge in [-0.15, -0.1) is 5.10 Å². The lowest BCUT2D eigenvalue weighted by atomic mass is 10.1. The standard InChI is InChI=1S/C24H36N8/c1-4-6-13-23-28-24(14-7-5-2)32(30-23)18-20-15-16-21(27-17-20)19(3)11-9-8-10-12-22(25)29-31-26/h8-11,15-17,19H,4-7,12-14,18H2,1-3H3,(H3,25,26,29)/b10-8-,11-9-. The Morgan fingerprint density at radius 3 is 2.66 bits per heavy atom. The van der Waals surface area contributed by atoms with Crippen LogP contribution in [0.15, 0.2) is 53.0 Å². The molecule has 2 heterocycles. The van der Waals surface area contributed by atoms with Gasteiger partial charge in [0.2, 0.25) is 0 Å². The second-order valence-corrected chi connectivity index (χ2v) is 7.90. The molecule has 0 spiro atoms. The second kappa shape index (κ2) is 14.0. The van der Waals surface area contributed by atoms with E-state index in [-0.39, 0.29) is 5.92 Å². The highest BCUT2D eigenvalue weighted by Crippen LogP contribution is 2.16. The Kier molecular flexibility index (Phi) is 11.0. The molecule has 1 atom stereocenters. The van der Waals surface area contributed by atoms with Crippen LogP contribution in [0.1, 0.15) is 81.7 Å². The molecule has 2 aromatic rings. The lowest BCUT2D eigenvalue weighted by Crippen LogP contribution is -2.08. The molecule has 8 nitrogen and oxygen atoms in total. The molecule has 0 aliphatic carbocycles. The molecule has 0 saturated carbocycles. The topological polar surface area (TPSA) is 118 Å². The van der Waals surface area contributed by atoms with Crippen molar-refractivity contribution in [3.05, 3.63) is 65.5 Å². The molecule has 0 aliphatic rings. The van der Waals surface area contributed by atoms with E-state index in [1.807, 2.05) is 24.4 Å². The quantitative estimate of drug-likeness (QED) is 0.137. The van der Waals surface area contributed by atoms with Crippen molar-refractivity contribution in [3.8, 4) is 0 Å². The van der Waals surface area contributed by atoms with Crippen LogP contribution in [0.2, 0.25) is 0 Å². The summed E-state index contributed by atoms with van der Waals surface area (Å²) < 4.78 is 2.05. The smallest absolute Gasteiger partial charge is 0.150 e. The fourth-order valence-electron chi connectivity index (χ4n) is 3.19. The summed E-state index contributed by atoms with van der Waals surface area (Å²) in [5.74, 6) is 2.54. The average Bonchev–Trinajstić information content (AvgIpc) is 3.17. The first-order valence-corrected chi connectivity index (χ1v) is 11.5. The molecule has 0 fully saturated rings. The van der Waals surface area contributed by atoms with E-state index in [1.54, 1.807) is 0 Å². The van der Waals surface area contributed by atoms with Crippen molar-refractivity contribution >= 4 is 5.84 Å². The van der Waals surface area contributed by atoms with E-state index in [0.29, 0.717) is 18.8 Å². The fraction of sp³-hybridized carbons (Fsp3) is 0.500. The Morgan fingerprint density at radius 1 is 1.19 bits per heavy atom. The molecular formula is C24H36N8. The number of aryl methyl sites for hydroxylation is 2. The van der Waals surface area contributed by atoms with Crippen LogP contribution >= 0.6 is 0 Å². The van der Waals surface area contributed by atoms with Gasteiger partial charge >= 0.3 is 0 Å². The molecule has 0 saturated heterocycles. The molecule has 1 unspecified atom stereocenters. The van der Waals surface area contributed by atoms with Crippen LogP contribution in [0.4, 0.5) is 0 Å². The van der Waals surface area contributed by atoms with Crippen molar-refractivity contribution < 1.29 is 0 Å². The molecule has 8 heteroatoms. The number of allylic oxidation sites excluding steroid dienone is 3. The Morgan fingerprint density at radius 2 is 1.97 bits per heavy atom. The summed E-state index contributed by atoms with van der Waals surface area (Å²) in [6.07, 6.45) is 16.7. The molecule has 2 aromatic heterocycles. The fourth-order valence-corrected chi connectivity index (χ4v) is 3.19. The van der Waals surface area contributed by atoms with Crippen molar-refractivity contribution in [2.75, 3.05) is 0 Å². The highest BCUT2D eigenvalue weighted by molar-refractivity contribution is 5.81. The molecule has 0 bridgehead atoms. The Hall–Kier alpha value is -3.16. The van der Waals surface area contributed by atoms with E-state index in [0.717, 1.165) is 61.4 Å². The second-order valence-electron chi connectivity index (χ2n) is 7.90. The number of pyridine rings is 1. The maximum Gasteiger partial charge on any atom is 0.150 e. The third kappa shape index (κ3) is 8.53. The van der Waals surface area contributed by atoms with Crippen LogP contribution in [0.3, 0.4) is 0 Å². The number of rotatable bonds is 14. The summed E-state index contributed by atoms with van der Waals surface area (Å²) in [5, 5.41) is 11.1. The Bertz CT molecular complexity index is 909. The van der Waals surface area contributed by atoms with E-state index < -0.39 is 0 Å². The van der Waals surface area contributed by atoms with Crippen LogP contribution < -0.4 is 5.73 Å². The van der Waals surface area contributed by atoms with Crippen LogP contribution in [0, 0.1) is 5.53 Å². The Balaban J connectivity index is 1.99. The van der Waals surface area contributed by atoms with Gasteiger partial charge in [-0.1, -0.05) is 69.2 Å². The van der Waals surface area contributed by atoms with Crippen LogP contribution in [0.25, 0.3) is 0 Å². The Labute approximate surface area is 191 Å². The van der Waals surface area contributed by atoms with Crippen LogP contribution in [0.5, 0.6) is 0 Å². The van der Waals surface area contributed by atoms with Gasteiger partial charge in [0, 0.05) is 37.1 Å². The zero-order valence-electron chi connectivity index (χ0n) is 19.5. The molecule has 32 heavy (non-hydrogen) atoms. The van der Waals surface area contributed by atoms with Gasteiger partial charge in [0.1, 0.15) is 11.7 Å².